The summed E-state index contributed by atoms with van der Waals surface area (Å²) in [6.07, 6.45) is 3.36. The van der Waals surface area contributed by atoms with Crippen LogP contribution in [0.4, 0.5) is 11.6 Å². The predicted octanol–water partition coefficient (Wildman–Crippen LogP) is 3.06. The first kappa shape index (κ1) is 20.5. The fourth-order valence-corrected chi connectivity index (χ4v) is 2.46. The minimum Gasteiger partial charge on any atom is -0.491 e. The van der Waals surface area contributed by atoms with Crippen LogP contribution in [0.3, 0.4) is 0 Å². The van der Waals surface area contributed by atoms with Gasteiger partial charge in [0.25, 0.3) is 11.5 Å². The minimum absolute atomic E-state index is 0.0458. The SMILES string of the molecule is CCCCn1ccc(OCC)c(N=Nc2nc(C#N)c(C#N)n2C(C)=O)c1=O. The van der Waals surface area contributed by atoms with Gasteiger partial charge >= 0.3 is 0 Å². The first-order valence-electron chi connectivity index (χ1n) is 8.70. The highest BCUT2D eigenvalue weighted by molar-refractivity contribution is 5.81. The van der Waals surface area contributed by atoms with Gasteiger partial charge in [-0.3, -0.25) is 9.59 Å². The molecule has 0 N–H and O–H groups in total. The van der Waals surface area contributed by atoms with E-state index in [1.165, 1.54) is 11.5 Å². The van der Waals surface area contributed by atoms with Crippen LogP contribution in [0.5, 0.6) is 5.75 Å². The van der Waals surface area contributed by atoms with E-state index in [4.69, 9.17) is 10.00 Å². The number of hydrogen-bond acceptors (Lipinski definition) is 8. The van der Waals surface area contributed by atoms with E-state index in [9.17, 15) is 14.9 Å². The van der Waals surface area contributed by atoms with Crippen molar-refractivity contribution >= 4 is 17.5 Å². The molecule has 0 amide bonds. The van der Waals surface area contributed by atoms with E-state index >= 15 is 0 Å². The molecule has 28 heavy (non-hydrogen) atoms. The van der Waals surface area contributed by atoms with Crippen LogP contribution in [0.1, 0.15) is 49.8 Å². The number of rotatable bonds is 7. The van der Waals surface area contributed by atoms with Crippen LogP contribution in [0.15, 0.2) is 27.3 Å². The molecule has 0 aliphatic rings. The average Bonchev–Trinajstić information content (AvgIpc) is 3.05. The molecule has 144 valence electrons. The largest absolute Gasteiger partial charge is 0.491 e. The van der Waals surface area contributed by atoms with Crippen molar-refractivity contribution in [2.24, 2.45) is 10.2 Å². The molecule has 0 spiro atoms. The zero-order valence-corrected chi connectivity index (χ0v) is 15.8. The summed E-state index contributed by atoms with van der Waals surface area (Å²) >= 11 is 0. The topological polar surface area (TPSA) is 138 Å². The van der Waals surface area contributed by atoms with Gasteiger partial charge in [0.05, 0.1) is 6.61 Å². The molecule has 0 bridgehead atoms. The van der Waals surface area contributed by atoms with Gasteiger partial charge in [0.1, 0.15) is 12.1 Å². The molecule has 0 unspecified atom stereocenters. The lowest BCUT2D eigenvalue weighted by Gasteiger charge is -2.09. The Labute approximate surface area is 161 Å². The second-order valence-corrected chi connectivity index (χ2v) is 5.70. The number of nitriles is 2. The number of aryl methyl sites for hydroxylation is 1. The third kappa shape index (κ3) is 4.13. The zero-order chi connectivity index (χ0) is 20.7. The van der Waals surface area contributed by atoms with E-state index in [1.807, 2.05) is 6.92 Å². The fraction of sp³-hybridized carbons (Fsp3) is 0.389. The van der Waals surface area contributed by atoms with Gasteiger partial charge in [0.2, 0.25) is 5.91 Å². The van der Waals surface area contributed by atoms with E-state index in [2.05, 4.69) is 15.2 Å². The Morgan fingerprint density at radius 2 is 2.04 bits per heavy atom. The molecular formula is C18H19N7O3. The first-order chi connectivity index (χ1) is 13.5. The Hall–Kier alpha value is -3.79. The molecule has 0 aromatic carbocycles. The van der Waals surface area contributed by atoms with Gasteiger partial charge < -0.3 is 9.30 Å². The summed E-state index contributed by atoms with van der Waals surface area (Å²) in [7, 11) is 0. The molecule has 0 saturated heterocycles. The van der Waals surface area contributed by atoms with E-state index in [0.29, 0.717) is 13.2 Å². The van der Waals surface area contributed by atoms with Gasteiger partial charge in [-0.25, -0.2) is 4.57 Å². The summed E-state index contributed by atoms with van der Waals surface area (Å²) in [5, 5.41) is 26.1. The van der Waals surface area contributed by atoms with E-state index < -0.39 is 11.5 Å². The van der Waals surface area contributed by atoms with Crippen LogP contribution >= 0.6 is 0 Å². The second-order valence-electron chi connectivity index (χ2n) is 5.70. The Morgan fingerprint density at radius 1 is 1.29 bits per heavy atom. The molecule has 0 saturated carbocycles. The van der Waals surface area contributed by atoms with Gasteiger partial charge in [-0.1, -0.05) is 13.3 Å². The lowest BCUT2D eigenvalue weighted by atomic mass is 10.3. The normalized spacial score (nSPS) is 10.6. The highest BCUT2D eigenvalue weighted by Gasteiger charge is 2.20. The molecule has 2 heterocycles. The number of azo groups is 1. The third-order valence-electron chi connectivity index (χ3n) is 3.78. The molecule has 0 aliphatic carbocycles. The number of carbonyl (C=O) groups is 1. The zero-order valence-electron chi connectivity index (χ0n) is 15.8. The predicted molar refractivity (Wildman–Crippen MR) is 98.9 cm³/mol. The number of unbranched alkanes of at least 4 members (excludes halogenated alkanes) is 1. The van der Waals surface area contributed by atoms with Gasteiger partial charge in [0.15, 0.2) is 22.8 Å². The molecule has 0 radical (unpaired) electrons. The summed E-state index contributed by atoms with van der Waals surface area (Å²) in [4.78, 5) is 28.5. The van der Waals surface area contributed by atoms with Crippen molar-refractivity contribution in [3.8, 4) is 17.9 Å². The fourth-order valence-electron chi connectivity index (χ4n) is 2.46. The van der Waals surface area contributed by atoms with E-state index in [0.717, 1.165) is 17.4 Å². The van der Waals surface area contributed by atoms with Gasteiger partial charge in [-0.05, 0) is 19.4 Å². The van der Waals surface area contributed by atoms with E-state index in [-0.39, 0.29) is 28.8 Å². The van der Waals surface area contributed by atoms with Crippen molar-refractivity contribution in [3.63, 3.8) is 0 Å². The maximum absolute atomic E-state index is 12.7. The maximum atomic E-state index is 12.7. The first-order valence-corrected chi connectivity index (χ1v) is 8.70. The highest BCUT2D eigenvalue weighted by atomic mass is 16.5. The summed E-state index contributed by atoms with van der Waals surface area (Å²) < 4.78 is 7.82. The van der Waals surface area contributed by atoms with Crippen LogP contribution in [-0.2, 0) is 6.54 Å². The second kappa shape index (κ2) is 9.24. The van der Waals surface area contributed by atoms with Gasteiger partial charge in [-0.2, -0.15) is 15.5 Å². The van der Waals surface area contributed by atoms with Crippen molar-refractivity contribution < 1.29 is 9.53 Å². The van der Waals surface area contributed by atoms with Crippen molar-refractivity contribution in [3.05, 3.63) is 34.0 Å². The number of aromatic nitrogens is 3. The Kier molecular flexibility index (Phi) is 6.77. The van der Waals surface area contributed by atoms with Crippen LogP contribution < -0.4 is 10.3 Å². The molecule has 2 aromatic heterocycles. The van der Waals surface area contributed by atoms with Crippen molar-refractivity contribution in [1.29, 1.82) is 10.5 Å². The van der Waals surface area contributed by atoms with Crippen LogP contribution in [0.25, 0.3) is 0 Å². The summed E-state index contributed by atoms with van der Waals surface area (Å²) in [5.74, 6) is -0.574. The van der Waals surface area contributed by atoms with Crippen LogP contribution in [0.2, 0.25) is 0 Å². The lowest BCUT2D eigenvalue weighted by Crippen LogP contribution is -2.19. The Morgan fingerprint density at radius 3 is 2.61 bits per heavy atom. The highest BCUT2D eigenvalue weighted by Crippen LogP contribution is 2.26. The molecule has 0 aliphatic heterocycles. The number of pyridine rings is 1. The molecular weight excluding hydrogens is 362 g/mol. The standard InChI is InChI=1S/C18H19N7O3/c1-4-6-8-24-9-7-15(28-5-2)16(17(24)27)22-23-18-21-13(10-19)14(11-20)25(18)12(3)26/h7,9H,4-6,8H2,1-3H3. The van der Waals surface area contributed by atoms with Crippen LogP contribution in [0, 0.1) is 22.7 Å². The van der Waals surface area contributed by atoms with Gasteiger partial charge in [0, 0.05) is 19.7 Å². The summed E-state index contributed by atoms with van der Waals surface area (Å²) in [6.45, 7) is 5.82. The number of hydrogen-bond donors (Lipinski definition) is 0. The summed E-state index contributed by atoms with van der Waals surface area (Å²) in [6, 6.07) is 5.11. The van der Waals surface area contributed by atoms with Crippen molar-refractivity contribution in [2.75, 3.05) is 6.61 Å². The number of nitrogens with zero attached hydrogens (tertiary/aromatic N) is 7. The summed E-state index contributed by atoms with van der Waals surface area (Å²) in [5.41, 5.74) is -0.923. The van der Waals surface area contributed by atoms with Crippen molar-refractivity contribution in [2.45, 2.75) is 40.2 Å². The smallest absolute Gasteiger partial charge is 0.282 e. The number of ether oxygens (including phenoxy) is 1. The monoisotopic (exact) mass is 381 g/mol. The average molecular weight is 381 g/mol. The van der Waals surface area contributed by atoms with E-state index in [1.54, 1.807) is 31.3 Å². The number of carbonyl (C=O) groups excluding carboxylic acids is 1. The Bertz CT molecular complexity index is 1050. The van der Waals surface area contributed by atoms with Crippen molar-refractivity contribution in [1.82, 2.24) is 14.1 Å². The number of imidazole rings is 1. The third-order valence-corrected chi connectivity index (χ3v) is 3.78. The molecule has 2 aromatic rings. The molecule has 10 heteroatoms. The molecule has 10 nitrogen and oxygen atoms in total. The quantitative estimate of drug-likeness (QED) is 0.675. The molecule has 0 atom stereocenters. The molecule has 2 rings (SSSR count). The minimum atomic E-state index is -0.557. The van der Waals surface area contributed by atoms with Crippen LogP contribution in [-0.4, -0.2) is 26.6 Å². The Balaban J connectivity index is 2.59. The lowest BCUT2D eigenvalue weighted by molar-refractivity contribution is 0.0937. The molecule has 0 fully saturated rings. The van der Waals surface area contributed by atoms with Gasteiger partial charge in [-0.15, -0.1) is 10.2 Å². The maximum Gasteiger partial charge on any atom is 0.282 e.